The maximum Gasteiger partial charge on any atom is 0.0322 e. The SMILES string of the molecule is CNC(CC1CCC1)c1ccccc1C. The van der Waals surface area contributed by atoms with Crippen molar-refractivity contribution in [1.82, 2.24) is 5.32 Å². The standard InChI is InChI=1S/C14H21N/c1-11-6-3-4-9-13(11)14(15-2)10-12-7-5-8-12/h3-4,6,9,12,14-15H,5,7-8,10H2,1-2H3. The minimum atomic E-state index is 0.552. The third-order valence-corrected chi connectivity index (χ3v) is 3.71. The Morgan fingerprint density at radius 1 is 1.33 bits per heavy atom. The molecule has 1 aliphatic carbocycles. The van der Waals surface area contributed by atoms with Gasteiger partial charge >= 0.3 is 0 Å². The van der Waals surface area contributed by atoms with Gasteiger partial charge in [-0.2, -0.15) is 0 Å². The summed E-state index contributed by atoms with van der Waals surface area (Å²) in [5.74, 6) is 0.960. The van der Waals surface area contributed by atoms with Crippen LogP contribution in [0.15, 0.2) is 24.3 Å². The van der Waals surface area contributed by atoms with E-state index in [1.54, 1.807) is 0 Å². The fraction of sp³-hybridized carbons (Fsp3) is 0.571. The zero-order valence-electron chi connectivity index (χ0n) is 9.79. The number of hydrogen-bond acceptors (Lipinski definition) is 1. The third kappa shape index (κ3) is 2.40. The Labute approximate surface area is 92.9 Å². The first-order valence-corrected chi connectivity index (χ1v) is 6.04. The molecule has 1 atom stereocenters. The molecule has 2 rings (SSSR count). The van der Waals surface area contributed by atoms with Crippen LogP contribution in [-0.2, 0) is 0 Å². The molecule has 0 radical (unpaired) electrons. The molecule has 1 fully saturated rings. The predicted molar refractivity (Wildman–Crippen MR) is 64.9 cm³/mol. The van der Waals surface area contributed by atoms with Crippen molar-refractivity contribution in [3.63, 3.8) is 0 Å². The van der Waals surface area contributed by atoms with Crippen LogP contribution >= 0.6 is 0 Å². The highest BCUT2D eigenvalue weighted by molar-refractivity contribution is 5.28. The van der Waals surface area contributed by atoms with Crippen LogP contribution in [0.25, 0.3) is 0 Å². The molecule has 82 valence electrons. The van der Waals surface area contributed by atoms with Gasteiger partial charge in [-0.3, -0.25) is 0 Å². The summed E-state index contributed by atoms with van der Waals surface area (Å²) in [4.78, 5) is 0. The van der Waals surface area contributed by atoms with Gasteiger partial charge < -0.3 is 5.32 Å². The number of nitrogens with one attached hydrogen (secondary N) is 1. The van der Waals surface area contributed by atoms with Gasteiger partial charge in [0.25, 0.3) is 0 Å². The van der Waals surface area contributed by atoms with Crippen LogP contribution in [0.1, 0.15) is 42.9 Å². The molecule has 0 saturated heterocycles. The first-order valence-electron chi connectivity index (χ1n) is 6.04. The smallest absolute Gasteiger partial charge is 0.0322 e. The summed E-state index contributed by atoms with van der Waals surface area (Å²) in [5, 5.41) is 3.46. The number of benzene rings is 1. The molecule has 0 bridgehead atoms. The maximum atomic E-state index is 3.46. The molecule has 1 nitrogen and oxygen atoms in total. The van der Waals surface area contributed by atoms with Crippen molar-refractivity contribution in [3.05, 3.63) is 35.4 Å². The molecule has 1 heteroatoms. The van der Waals surface area contributed by atoms with Crippen LogP contribution in [-0.4, -0.2) is 7.05 Å². The monoisotopic (exact) mass is 203 g/mol. The second kappa shape index (κ2) is 4.80. The van der Waals surface area contributed by atoms with Crippen LogP contribution in [0.5, 0.6) is 0 Å². The van der Waals surface area contributed by atoms with E-state index in [9.17, 15) is 0 Å². The molecular formula is C14H21N. The Morgan fingerprint density at radius 3 is 2.60 bits per heavy atom. The lowest BCUT2D eigenvalue weighted by atomic mass is 9.79. The molecule has 0 amide bonds. The Morgan fingerprint density at radius 2 is 2.07 bits per heavy atom. The fourth-order valence-electron chi connectivity index (χ4n) is 2.44. The summed E-state index contributed by atoms with van der Waals surface area (Å²) in [6.07, 6.45) is 5.62. The van der Waals surface area contributed by atoms with Gasteiger partial charge in [-0.25, -0.2) is 0 Å². The highest BCUT2D eigenvalue weighted by atomic mass is 14.9. The van der Waals surface area contributed by atoms with Gasteiger partial charge in [0.05, 0.1) is 0 Å². The summed E-state index contributed by atoms with van der Waals surface area (Å²) >= 11 is 0. The lowest BCUT2D eigenvalue weighted by molar-refractivity contribution is 0.265. The minimum absolute atomic E-state index is 0.552. The van der Waals surface area contributed by atoms with Gasteiger partial charge in [-0.05, 0) is 37.4 Å². The molecular weight excluding hydrogens is 182 g/mol. The zero-order chi connectivity index (χ0) is 10.7. The number of rotatable bonds is 4. The number of aryl methyl sites for hydroxylation is 1. The first kappa shape index (κ1) is 10.7. The van der Waals surface area contributed by atoms with E-state index in [0.717, 1.165) is 5.92 Å². The summed E-state index contributed by atoms with van der Waals surface area (Å²) in [6.45, 7) is 2.21. The molecule has 1 saturated carbocycles. The summed E-state index contributed by atoms with van der Waals surface area (Å²) < 4.78 is 0. The Kier molecular flexibility index (Phi) is 3.42. The Bertz CT molecular complexity index is 315. The molecule has 1 aromatic rings. The van der Waals surface area contributed by atoms with E-state index in [1.807, 2.05) is 0 Å². The van der Waals surface area contributed by atoms with Crippen LogP contribution in [0.2, 0.25) is 0 Å². The zero-order valence-corrected chi connectivity index (χ0v) is 9.79. The van der Waals surface area contributed by atoms with Crippen molar-refractivity contribution in [2.24, 2.45) is 5.92 Å². The summed E-state index contributed by atoms with van der Waals surface area (Å²) in [6, 6.07) is 9.29. The molecule has 1 unspecified atom stereocenters. The highest BCUT2D eigenvalue weighted by Gasteiger charge is 2.22. The van der Waals surface area contributed by atoms with Crippen molar-refractivity contribution in [1.29, 1.82) is 0 Å². The predicted octanol–water partition coefficient (Wildman–Crippen LogP) is 3.45. The van der Waals surface area contributed by atoms with Gasteiger partial charge in [0.2, 0.25) is 0 Å². The van der Waals surface area contributed by atoms with Crippen molar-refractivity contribution in [2.75, 3.05) is 7.05 Å². The molecule has 15 heavy (non-hydrogen) atoms. The van der Waals surface area contributed by atoms with Gasteiger partial charge in [0.1, 0.15) is 0 Å². The van der Waals surface area contributed by atoms with Gasteiger partial charge in [-0.15, -0.1) is 0 Å². The second-order valence-electron chi connectivity index (χ2n) is 4.73. The summed E-state index contributed by atoms with van der Waals surface area (Å²) in [5.41, 5.74) is 2.89. The maximum absolute atomic E-state index is 3.46. The van der Waals surface area contributed by atoms with Gasteiger partial charge in [0, 0.05) is 6.04 Å². The lowest BCUT2D eigenvalue weighted by Gasteiger charge is -2.30. The topological polar surface area (TPSA) is 12.0 Å². The molecule has 1 aliphatic rings. The van der Waals surface area contributed by atoms with Crippen LogP contribution < -0.4 is 5.32 Å². The van der Waals surface area contributed by atoms with Crippen LogP contribution in [0.3, 0.4) is 0 Å². The van der Waals surface area contributed by atoms with E-state index < -0.39 is 0 Å². The van der Waals surface area contributed by atoms with Crippen molar-refractivity contribution >= 4 is 0 Å². The largest absolute Gasteiger partial charge is 0.313 e. The Balaban J connectivity index is 2.07. The normalized spacial score (nSPS) is 18.5. The van der Waals surface area contributed by atoms with Crippen LogP contribution in [0, 0.1) is 12.8 Å². The van der Waals surface area contributed by atoms with E-state index in [0.29, 0.717) is 6.04 Å². The first-order chi connectivity index (χ1) is 7.31. The molecule has 0 heterocycles. The third-order valence-electron chi connectivity index (χ3n) is 3.71. The molecule has 0 aromatic heterocycles. The molecule has 0 aliphatic heterocycles. The Hall–Kier alpha value is -0.820. The van der Waals surface area contributed by atoms with Gasteiger partial charge in [0.15, 0.2) is 0 Å². The van der Waals surface area contributed by atoms with Crippen molar-refractivity contribution in [2.45, 2.75) is 38.6 Å². The van der Waals surface area contributed by atoms with Crippen LogP contribution in [0.4, 0.5) is 0 Å². The summed E-state index contributed by atoms with van der Waals surface area (Å²) in [7, 11) is 2.08. The van der Waals surface area contributed by atoms with E-state index in [4.69, 9.17) is 0 Å². The van der Waals surface area contributed by atoms with Crippen molar-refractivity contribution in [3.8, 4) is 0 Å². The highest BCUT2D eigenvalue weighted by Crippen LogP contribution is 2.35. The second-order valence-corrected chi connectivity index (χ2v) is 4.73. The van der Waals surface area contributed by atoms with Gasteiger partial charge in [-0.1, -0.05) is 43.5 Å². The number of hydrogen-bond donors (Lipinski definition) is 1. The average Bonchev–Trinajstić information content (AvgIpc) is 2.19. The fourth-order valence-corrected chi connectivity index (χ4v) is 2.44. The lowest BCUT2D eigenvalue weighted by Crippen LogP contribution is -2.23. The molecule has 1 N–H and O–H groups in total. The quantitative estimate of drug-likeness (QED) is 0.790. The van der Waals surface area contributed by atoms with Crippen molar-refractivity contribution < 1.29 is 0 Å². The van der Waals surface area contributed by atoms with E-state index in [2.05, 4.69) is 43.6 Å². The van der Waals surface area contributed by atoms with E-state index in [1.165, 1.54) is 36.8 Å². The van der Waals surface area contributed by atoms with E-state index >= 15 is 0 Å². The average molecular weight is 203 g/mol. The minimum Gasteiger partial charge on any atom is -0.313 e. The molecule has 0 spiro atoms. The molecule has 1 aromatic carbocycles. The van der Waals surface area contributed by atoms with E-state index in [-0.39, 0.29) is 0 Å².